The molecule has 37 heavy (non-hydrogen) atoms. The molecule has 0 aliphatic carbocycles. The van der Waals surface area contributed by atoms with Crippen LogP contribution < -0.4 is 15.6 Å². The molecule has 1 aromatic carbocycles. The SMILES string of the molecule is CC(C)Nc1ncc(-c2ccc3c(C#N)c(Oc4ccnc(-c5cnn(C)c5)c4)ccc3n2)c(=O)n1C. The zero-order valence-electron chi connectivity index (χ0n) is 20.8. The minimum absolute atomic E-state index is 0.137. The molecule has 10 nitrogen and oxygen atoms in total. The highest BCUT2D eigenvalue weighted by Gasteiger charge is 2.15. The van der Waals surface area contributed by atoms with Gasteiger partial charge >= 0.3 is 0 Å². The third-order valence-electron chi connectivity index (χ3n) is 5.77. The Balaban J connectivity index is 1.49. The summed E-state index contributed by atoms with van der Waals surface area (Å²) >= 11 is 0. The van der Waals surface area contributed by atoms with E-state index >= 15 is 0 Å². The van der Waals surface area contributed by atoms with Gasteiger partial charge in [-0.15, -0.1) is 0 Å². The lowest BCUT2D eigenvalue weighted by molar-refractivity contribution is 0.481. The van der Waals surface area contributed by atoms with Gasteiger partial charge in [-0.05, 0) is 44.2 Å². The van der Waals surface area contributed by atoms with Crippen molar-refractivity contribution >= 4 is 16.9 Å². The van der Waals surface area contributed by atoms with E-state index in [1.54, 1.807) is 60.5 Å². The number of hydrogen-bond donors (Lipinski definition) is 1. The van der Waals surface area contributed by atoms with Gasteiger partial charge < -0.3 is 10.1 Å². The van der Waals surface area contributed by atoms with Gasteiger partial charge in [0.25, 0.3) is 5.56 Å². The molecule has 10 heteroatoms. The second kappa shape index (κ2) is 9.54. The Morgan fingerprint density at radius 3 is 2.62 bits per heavy atom. The average molecular weight is 493 g/mol. The standard InChI is InChI=1S/C27H24N8O2/c1-16(2)32-27-30-14-21(26(36)35(27)4)23-6-5-19-20(12-28)25(8-7-22(19)33-23)37-18-9-10-29-24(11-18)17-13-31-34(3)15-17/h5-11,13-16H,1-4H3,(H,30,32). The Morgan fingerprint density at radius 1 is 1.05 bits per heavy atom. The lowest BCUT2D eigenvalue weighted by Crippen LogP contribution is -2.25. The van der Waals surface area contributed by atoms with Gasteiger partial charge in [0.05, 0.1) is 28.7 Å². The lowest BCUT2D eigenvalue weighted by Gasteiger charge is -2.14. The first-order valence-electron chi connectivity index (χ1n) is 11.6. The number of nitrogens with zero attached hydrogens (tertiary/aromatic N) is 7. The number of hydrogen-bond acceptors (Lipinski definition) is 8. The molecule has 5 rings (SSSR count). The molecule has 0 atom stereocenters. The van der Waals surface area contributed by atoms with Crippen LogP contribution in [0.3, 0.4) is 0 Å². The Kier molecular flexibility index (Phi) is 6.11. The number of fused-ring (bicyclic) bond motifs is 1. The van der Waals surface area contributed by atoms with E-state index in [9.17, 15) is 10.1 Å². The van der Waals surface area contributed by atoms with Crippen LogP contribution in [0.1, 0.15) is 19.4 Å². The van der Waals surface area contributed by atoms with Crippen LogP contribution in [0.15, 0.2) is 66.0 Å². The predicted molar refractivity (Wildman–Crippen MR) is 140 cm³/mol. The quantitative estimate of drug-likeness (QED) is 0.373. The topological polar surface area (TPSA) is 124 Å². The molecule has 0 aliphatic heterocycles. The van der Waals surface area contributed by atoms with Crippen LogP contribution >= 0.6 is 0 Å². The Hall–Kier alpha value is -5.04. The van der Waals surface area contributed by atoms with Crippen LogP contribution in [-0.2, 0) is 14.1 Å². The third-order valence-corrected chi connectivity index (χ3v) is 5.77. The fourth-order valence-electron chi connectivity index (χ4n) is 3.96. The van der Waals surface area contributed by atoms with Crippen molar-refractivity contribution in [2.45, 2.75) is 19.9 Å². The van der Waals surface area contributed by atoms with Gasteiger partial charge in [0.2, 0.25) is 5.95 Å². The first-order valence-corrected chi connectivity index (χ1v) is 11.6. The normalized spacial score (nSPS) is 11.0. The second-order valence-electron chi connectivity index (χ2n) is 8.85. The van der Waals surface area contributed by atoms with Gasteiger partial charge in [-0.3, -0.25) is 19.0 Å². The number of benzene rings is 1. The van der Waals surface area contributed by atoms with Crippen molar-refractivity contribution in [3.8, 4) is 40.1 Å². The van der Waals surface area contributed by atoms with Gasteiger partial charge in [-0.2, -0.15) is 10.4 Å². The van der Waals surface area contributed by atoms with E-state index in [-0.39, 0.29) is 11.6 Å². The van der Waals surface area contributed by atoms with Crippen molar-refractivity contribution in [2.24, 2.45) is 14.1 Å². The molecule has 0 saturated carbocycles. The maximum atomic E-state index is 13.0. The van der Waals surface area contributed by atoms with Crippen LogP contribution in [0, 0.1) is 11.3 Å². The maximum absolute atomic E-state index is 13.0. The fourth-order valence-corrected chi connectivity index (χ4v) is 3.96. The smallest absolute Gasteiger partial charge is 0.264 e. The third kappa shape index (κ3) is 4.62. The number of anilines is 1. The van der Waals surface area contributed by atoms with Crippen molar-refractivity contribution in [1.82, 2.24) is 29.3 Å². The lowest BCUT2D eigenvalue weighted by atomic mass is 10.1. The van der Waals surface area contributed by atoms with Gasteiger partial charge in [-0.25, -0.2) is 9.97 Å². The largest absolute Gasteiger partial charge is 0.456 e. The van der Waals surface area contributed by atoms with Crippen molar-refractivity contribution in [3.63, 3.8) is 0 Å². The average Bonchev–Trinajstić information content (AvgIpc) is 3.33. The molecule has 0 fully saturated rings. The van der Waals surface area contributed by atoms with Gasteiger partial charge in [0.15, 0.2) is 0 Å². The van der Waals surface area contributed by atoms with Crippen LogP contribution in [0.2, 0.25) is 0 Å². The predicted octanol–water partition coefficient (Wildman–Crippen LogP) is 4.28. The molecule has 0 unspecified atom stereocenters. The molecule has 0 saturated heterocycles. The molecule has 184 valence electrons. The first kappa shape index (κ1) is 23.7. The number of pyridine rings is 2. The molecule has 1 N–H and O–H groups in total. The zero-order chi connectivity index (χ0) is 26.1. The molecule has 0 amide bonds. The van der Waals surface area contributed by atoms with Crippen molar-refractivity contribution in [3.05, 3.63) is 77.1 Å². The minimum Gasteiger partial charge on any atom is -0.456 e. The first-order chi connectivity index (χ1) is 17.8. The molecular formula is C27H24N8O2. The van der Waals surface area contributed by atoms with Crippen LogP contribution in [0.25, 0.3) is 33.4 Å². The Morgan fingerprint density at radius 2 is 1.89 bits per heavy atom. The summed E-state index contributed by atoms with van der Waals surface area (Å²) in [6.45, 7) is 3.95. The monoisotopic (exact) mass is 492 g/mol. The fraction of sp³-hybridized carbons (Fsp3) is 0.185. The highest BCUT2D eigenvalue weighted by atomic mass is 16.5. The number of nitrogens with one attached hydrogen (secondary N) is 1. The van der Waals surface area contributed by atoms with E-state index in [1.165, 1.54) is 10.8 Å². The van der Waals surface area contributed by atoms with E-state index < -0.39 is 0 Å². The number of aryl methyl sites for hydroxylation is 1. The summed E-state index contributed by atoms with van der Waals surface area (Å²) in [5.41, 5.74) is 3.12. The highest BCUT2D eigenvalue weighted by molar-refractivity contribution is 5.89. The van der Waals surface area contributed by atoms with Crippen molar-refractivity contribution in [2.75, 3.05) is 5.32 Å². The molecule has 4 heterocycles. The number of ether oxygens (including phenoxy) is 1. The zero-order valence-corrected chi connectivity index (χ0v) is 20.8. The van der Waals surface area contributed by atoms with Crippen LogP contribution in [0.5, 0.6) is 11.5 Å². The van der Waals surface area contributed by atoms with Gasteiger partial charge in [-0.1, -0.05) is 0 Å². The number of rotatable bonds is 6. The highest BCUT2D eigenvalue weighted by Crippen LogP contribution is 2.32. The Bertz CT molecular complexity index is 1730. The minimum atomic E-state index is -0.215. The maximum Gasteiger partial charge on any atom is 0.264 e. The summed E-state index contributed by atoms with van der Waals surface area (Å²) in [6, 6.07) is 12.9. The summed E-state index contributed by atoms with van der Waals surface area (Å²) in [6.07, 6.45) is 6.76. The summed E-state index contributed by atoms with van der Waals surface area (Å²) < 4.78 is 9.25. The summed E-state index contributed by atoms with van der Waals surface area (Å²) in [7, 11) is 3.51. The van der Waals surface area contributed by atoms with E-state index in [0.29, 0.717) is 50.9 Å². The van der Waals surface area contributed by atoms with E-state index in [1.807, 2.05) is 27.1 Å². The molecule has 4 aromatic heterocycles. The second-order valence-corrected chi connectivity index (χ2v) is 8.85. The van der Waals surface area contributed by atoms with E-state index in [4.69, 9.17) is 4.74 Å². The molecule has 0 aliphatic rings. The summed E-state index contributed by atoms with van der Waals surface area (Å²) in [4.78, 5) is 26.4. The van der Waals surface area contributed by atoms with Crippen molar-refractivity contribution in [1.29, 1.82) is 5.26 Å². The summed E-state index contributed by atoms with van der Waals surface area (Å²) in [5.74, 6) is 1.43. The van der Waals surface area contributed by atoms with Gasteiger partial charge in [0, 0.05) is 55.7 Å². The molecule has 0 spiro atoms. The Labute approximate surface area is 212 Å². The number of nitriles is 1. The molecule has 0 radical (unpaired) electrons. The van der Waals surface area contributed by atoms with E-state index in [2.05, 4.69) is 31.4 Å². The summed E-state index contributed by atoms with van der Waals surface area (Å²) in [5, 5.41) is 17.9. The molecule has 5 aromatic rings. The van der Waals surface area contributed by atoms with Crippen LogP contribution in [0.4, 0.5) is 5.95 Å². The number of aromatic nitrogens is 6. The molecule has 0 bridgehead atoms. The van der Waals surface area contributed by atoms with E-state index in [0.717, 1.165) is 5.56 Å². The molecular weight excluding hydrogens is 468 g/mol. The van der Waals surface area contributed by atoms with Crippen LogP contribution in [-0.4, -0.2) is 35.3 Å². The van der Waals surface area contributed by atoms with Gasteiger partial charge in [0.1, 0.15) is 23.1 Å². The van der Waals surface area contributed by atoms with Crippen molar-refractivity contribution < 1.29 is 4.74 Å².